The first-order valence-electron chi connectivity index (χ1n) is 6.15. The Balaban J connectivity index is 1.86. The normalized spacial score (nSPS) is 26.1. The first-order chi connectivity index (χ1) is 7.81. The molecule has 1 aliphatic rings. The van der Waals surface area contributed by atoms with E-state index in [4.69, 9.17) is 5.73 Å². The van der Waals surface area contributed by atoms with E-state index >= 15 is 0 Å². The number of aromatic nitrogens is 1. The summed E-state index contributed by atoms with van der Waals surface area (Å²) >= 11 is 0. The molecule has 1 aliphatic heterocycles. The second kappa shape index (κ2) is 5.41. The van der Waals surface area contributed by atoms with Gasteiger partial charge in [-0.1, -0.05) is 13.0 Å². The zero-order valence-electron chi connectivity index (χ0n) is 9.97. The van der Waals surface area contributed by atoms with Gasteiger partial charge in [0.05, 0.1) is 0 Å². The van der Waals surface area contributed by atoms with E-state index < -0.39 is 0 Å². The Hall–Kier alpha value is -0.930. The highest BCUT2D eigenvalue weighted by Crippen LogP contribution is 2.22. The summed E-state index contributed by atoms with van der Waals surface area (Å²) in [7, 11) is 0. The maximum Gasteiger partial charge on any atom is 0.0416 e. The molecule has 1 fully saturated rings. The lowest BCUT2D eigenvalue weighted by Gasteiger charge is -2.25. The molecule has 2 unspecified atom stereocenters. The average Bonchev–Trinajstić information content (AvgIpc) is 2.68. The van der Waals surface area contributed by atoms with Crippen LogP contribution < -0.4 is 5.73 Å². The van der Waals surface area contributed by atoms with Crippen molar-refractivity contribution in [1.82, 2.24) is 9.88 Å². The molecule has 2 atom stereocenters. The zero-order chi connectivity index (χ0) is 11.4. The third kappa shape index (κ3) is 2.60. The van der Waals surface area contributed by atoms with Gasteiger partial charge in [0.1, 0.15) is 0 Å². The molecule has 0 radical (unpaired) electrons. The van der Waals surface area contributed by atoms with Crippen molar-refractivity contribution in [3.8, 4) is 0 Å². The SMILES string of the molecule is CC1CCN(CCc2ccccn2)C1CN. The smallest absolute Gasteiger partial charge is 0.0416 e. The van der Waals surface area contributed by atoms with Gasteiger partial charge in [-0.3, -0.25) is 9.88 Å². The highest BCUT2D eigenvalue weighted by Gasteiger charge is 2.29. The van der Waals surface area contributed by atoms with E-state index in [1.54, 1.807) is 0 Å². The van der Waals surface area contributed by atoms with Gasteiger partial charge in [-0.25, -0.2) is 0 Å². The Morgan fingerprint density at radius 2 is 2.38 bits per heavy atom. The van der Waals surface area contributed by atoms with Gasteiger partial charge >= 0.3 is 0 Å². The lowest BCUT2D eigenvalue weighted by atomic mass is 10.0. The van der Waals surface area contributed by atoms with Crippen molar-refractivity contribution in [1.29, 1.82) is 0 Å². The summed E-state index contributed by atoms with van der Waals surface area (Å²) < 4.78 is 0. The predicted molar refractivity (Wildman–Crippen MR) is 66.1 cm³/mol. The molecule has 0 bridgehead atoms. The van der Waals surface area contributed by atoms with E-state index in [0.717, 1.165) is 25.4 Å². The molecule has 0 saturated carbocycles. The van der Waals surface area contributed by atoms with Crippen molar-refractivity contribution in [3.05, 3.63) is 30.1 Å². The highest BCUT2D eigenvalue weighted by atomic mass is 15.2. The van der Waals surface area contributed by atoms with Crippen LogP contribution in [-0.4, -0.2) is 35.6 Å². The van der Waals surface area contributed by atoms with Crippen LogP contribution in [0.4, 0.5) is 0 Å². The predicted octanol–water partition coefficient (Wildman–Crippen LogP) is 1.29. The fourth-order valence-corrected chi connectivity index (χ4v) is 2.55. The number of hydrogen-bond acceptors (Lipinski definition) is 3. The van der Waals surface area contributed by atoms with Crippen molar-refractivity contribution in [3.63, 3.8) is 0 Å². The molecule has 3 heteroatoms. The molecule has 1 aromatic heterocycles. The second-order valence-electron chi connectivity index (χ2n) is 4.68. The van der Waals surface area contributed by atoms with Crippen molar-refractivity contribution in [2.24, 2.45) is 11.7 Å². The quantitative estimate of drug-likeness (QED) is 0.830. The maximum absolute atomic E-state index is 5.83. The summed E-state index contributed by atoms with van der Waals surface area (Å²) in [5.41, 5.74) is 7.00. The molecule has 1 aromatic rings. The van der Waals surface area contributed by atoms with Gasteiger partial charge in [-0.05, 0) is 31.0 Å². The van der Waals surface area contributed by atoms with Gasteiger partial charge in [-0.2, -0.15) is 0 Å². The van der Waals surface area contributed by atoms with E-state index in [2.05, 4.69) is 28.9 Å². The number of pyridine rings is 1. The fraction of sp³-hybridized carbons (Fsp3) is 0.615. The Morgan fingerprint density at radius 1 is 1.50 bits per heavy atom. The first-order valence-corrected chi connectivity index (χ1v) is 6.15. The molecule has 0 amide bonds. The number of nitrogens with zero attached hydrogens (tertiary/aromatic N) is 2. The Kier molecular flexibility index (Phi) is 3.91. The topological polar surface area (TPSA) is 42.2 Å². The van der Waals surface area contributed by atoms with Crippen molar-refractivity contribution >= 4 is 0 Å². The van der Waals surface area contributed by atoms with Crippen LogP contribution in [0.5, 0.6) is 0 Å². The van der Waals surface area contributed by atoms with Gasteiger partial charge in [0.2, 0.25) is 0 Å². The molecule has 0 aromatic carbocycles. The molecule has 0 spiro atoms. The van der Waals surface area contributed by atoms with Crippen LogP contribution >= 0.6 is 0 Å². The molecule has 3 nitrogen and oxygen atoms in total. The molecular formula is C13H21N3. The number of likely N-dealkylation sites (tertiary alicyclic amines) is 1. The number of hydrogen-bond donors (Lipinski definition) is 1. The summed E-state index contributed by atoms with van der Waals surface area (Å²) in [4.78, 5) is 6.86. The lowest BCUT2D eigenvalue weighted by Crippen LogP contribution is -2.39. The molecule has 2 rings (SSSR count). The summed E-state index contributed by atoms with van der Waals surface area (Å²) in [5, 5.41) is 0. The monoisotopic (exact) mass is 219 g/mol. The molecule has 0 aliphatic carbocycles. The Bertz CT molecular complexity index is 312. The molecule has 2 N–H and O–H groups in total. The molecule has 88 valence electrons. The minimum absolute atomic E-state index is 0.573. The van der Waals surface area contributed by atoms with E-state index in [9.17, 15) is 0 Å². The van der Waals surface area contributed by atoms with Gasteiger partial charge in [0.15, 0.2) is 0 Å². The minimum atomic E-state index is 0.573. The van der Waals surface area contributed by atoms with E-state index in [1.165, 1.54) is 18.7 Å². The van der Waals surface area contributed by atoms with Crippen LogP contribution in [0.15, 0.2) is 24.4 Å². The molecule has 1 saturated heterocycles. The van der Waals surface area contributed by atoms with E-state index in [1.807, 2.05) is 12.3 Å². The second-order valence-corrected chi connectivity index (χ2v) is 4.68. The minimum Gasteiger partial charge on any atom is -0.329 e. The summed E-state index contributed by atoms with van der Waals surface area (Å²) in [5.74, 6) is 0.744. The highest BCUT2D eigenvalue weighted by molar-refractivity contribution is 5.04. The van der Waals surface area contributed by atoms with Crippen LogP contribution in [0.3, 0.4) is 0 Å². The standard InChI is InChI=1S/C13H21N3/c1-11-5-8-16(13(11)10-14)9-6-12-4-2-3-7-15-12/h2-4,7,11,13H,5-6,8-10,14H2,1H3. The largest absolute Gasteiger partial charge is 0.329 e. The van der Waals surface area contributed by atoms with Gasteiger partial charge in [0, 0.05) is 37.4 Å². The van der Waals surface area contributed by atoms with Crippen molar-refractivity contribution < 1.29 is 0 Å². The lowest BCUT2D eigenvalue weighted by molar-refractivity contribution is 0.238. The van der Waals surface area contributed by atoms with E-state index in [0.29, 0.717) is 6.04 Å². The first kappa shape index (κ1) is 11.6. The maximum atomic E-state index is 5.83. The van der Waals surface area contributed by atoms with Crippen molar-refractivity contribution in [2.45, 2.75) is 25.8 Å². The van der Waals surface area contributed by atoms with Gasteiger partial charge in [0.25, 0.3) is 0 Å². The fourth-order valence-electron chi connectivity index (χ4n) is 2.55. The zero-order valence-corrected chi connectivity index (χ0v) is 9.97. The van der Waals surface area contributed by atoms with Crippen molar-refractivity contribution in [2.75, 3.05) is 19.6 Å². The molecular weight excluding hydrogens is 198 g/mol. The van der Waals surface area contributed by atoms with E-state index in [-0.39, 0.29) is 0 Å². The summed E-state index contributed by atoms with van der Waals surface area (Å²) in [6.07, 6.45) is 4.18. The van der Waals surface area contributed by atoms with Gasteiger partial charge < -0.3 is 5.73 Å². The Morgan fingerprint density at radius 3 is 3.06 bits per heavy atom. The number of rotatable bonds is 4. The summed E-state index contributed by atoms with van der Waals surface area (Å²) in [6, 6.07) is 6.68. The van der Waals surface area contributed by atoms with Crippen LogP contribution in [0.2, 0.25) is 0 Å². The third-order valence-corrected chi connectivity index (χ3v) is 3.62. The summed E-state index contributed by atoms with van der Waals surface area (Å²) in [6.45, 7) is 5.36. The average molecular weight is 219 g/mol. The number of nitrogens with two attached hydrogens (primary N) is 1. The van der Waals surface area contributed by atoms with Crippen LogP contribution in [0.1, 0.15) is 19.0 Å². The molecule has 16 heavy (non-hydrogen) atoms. The molecule has 2 heterocycles. The van der Waals surface area contributed by atoms with Crippen LogP contribution in [0, 0.1) is 5.92 Å². The van der Waals surface area contributed by atoms with Crippen LogP contribution in [-0.2, 0) is 6.42 Å². The van der Waals surface area contributed by atoms with Gasteiger partial charge in [-0.15, -0.1) is 0 Å². The van der Waals surface area contributed by atoms with Crippen LogP contribution in [0.25, 0.3) is 0 Å². The Labute approximate surface area is 97.7 Å². The third-order valence-electron chi connectivity index (χ3n) is 3.62.